The first-order valence-corrected chi connectivity index (χ1v) is 13.1. The molecule has 0 aliphatic carbocycles. The lowest BCUT2D eigenvalue weighted by atomic mass is 9.97. The van der Waals surface area contributed by atoms with E-state index in [1.165, 1.54) is 4.90 Å². The Morgan fingerprint density at radius 2 is 1.84 bits per heavy atom. The van der Waals surface area contributed by atoms with Crippen molar-refractivity contribution in [3.63, 3.8) is 0 Å². The van der Waals surface area contributed by atoms with E-state index in [9.17, 15) is 14.4 Å². The number of aryl methyl sites for hydroxylation is 2. The number of aromatic amines is 1. The van der Waals surface area contributed by atoms with Crippen LogP contribution in [0, 0.1) is 13.8 Å². The summed E-state index contributed by atoms with van der Waals surface area (Å²) >= 11 is 0.784. The quantitative estimate of drug-likeness (QED) is 0.261. The Kier molecular flexibility index (Phi) is 7.28. The van der Waals surface area contributed by atoms with E-state index in [2.05, 4.69) is 14.7 Å². The molecule has 0 spiro atoms. The van der Waals surface area contributed by atoms with Gasteiger partial charge in [-0.2, -0.15) is 4.37 Å². The first-order chi connectivity index (χ1) is 17.9. The summed E-state index contributed by atoms with van der Waals surface area (Å²) in [6, 6.07) is 12.1. The van der Waals surface area contributed by atoms with Gasteiger partial charge in [0.15, 0.2) is 5.69 Å². The number of hydrogen-bond donors (Lipinski definition) is 4. The summed E-state index contributed by atoms with van der Waals surface area (Å²) in [5, 5.41) is 3.92. The van der Waals surface area contributed by atoms with Gasteiger partial charge in [0, 0.05) is 33.9 Å². The molecule has 0 saturated carbocycles. The molecule has 1 atom stereocenters. The lowest BCUT2D eigenvalue weighted by Gasteiger charge is -2.34. The Morgan fingerprint density at radius 3 is 2.47 bits per heavy atom. The average molecular weight is 533 g/mol. The van der Waals surface area contributed by atoms with Crippen LogP contribution in [-0.2, 0) is 4.79 Å². The number of rotatable bonds is 8. The van der Waals surface area contributed by atoms with Crippen LogP contribution in [0.3, 0.4) is 0 Å². The molecular weight excluding hydrogens is 500 g/mol. The van der Waals surface area contributed by atoms with Gasteiger partial charge in [-0.3, -0.25) is 19.3 Å². The second-order valence-electron chi connectivity index (χ2n) is 10.0. The highest BCUT2D eigenvalue weighted by atomic mass is 32.1. The third kappa shape index (κ3) is 4.99. The zero-order chi connectivity index (χ0) is 27.8. The van der Waals surface area contributed by atoms with Gasteiger partial charge in [-0.15, -0.1) is 0 Å². The van der Waals surface area contributed by atoms with Crippen molar-refractivity contribution >= 4 is 51.5 Å². The Bertz CT molecular complexity index is 1540. The number of benzene rings is 2. The normalized spacial score (nSPS) is 12.3. The van der Waals surface area contributed by atoms with Gasteiger partial charge in [0.1, 0.15) is 10.9 Å². The zero-order valence-corrected chi connectivity index (χ0v) is 22.9. The number of hydrogen-bond acceptors (Lipinski definition) is 6. The number of anilines is 2. The molecule has 38 heavy (non-hydrogen) atoms. The van der Waals surface area contributed by atoms with E-state index in [4.69, 9.17) is 11.5 Å². The molecule has 0 bridgehead atoms. The average Bonchev–Trinajstić information content (AvgIpc) is 3.47. The molecule has 0 unspecified atom stereocenters. The molecule has 0 aliphatic heterocycles. The van der Waals surface area contributed by atoms with E-state index in [-0.39, 0.29) is 22.2 Å². The lowest BCUT2D eigenvalue weighted by molar-refractivity contribution is -0.124. The SMILES string of the molecule is CCC(C)(C)NC(=O)[C@@H](c1c[nH]c2ccccc12)N(C(=O)c1snc(C(N)=O)c1N)c1ccc(C)c(C)c1. The van der Waals surface area contributed by atoms with Gasteiger partial charge in [-0.1, -0.05) is 31.2 Å². The van der Waals surface area contributed by atoms with E-state index >= 15 is 0 Å². The minimum atomic E-state index is -1.06. The fourth-order valence-corrected chi connectivity index (χ4v) is 4.95. The number of carbonyl (C=O) groups excluding carboxylic acids is 3. The summed E-state index contributed by atoms with van der Waals surface area (Å²) in [6.45, 7) is 9.75. The van der Waals surface area contributed by atoms with Crippen LogP contribution in [0.15, 0.2) is 48.7 Å². The van der Waals surface area contributed by atoms with Crippen LogP contribution in [0.1, 0.15) is 70.1 Å². The Hall–Kier alpha value is -4.18. The highest BCUT2D eigenvalue weighted by molar-refractivity contribution is 7.09. The molecule has 6 N–H and O–H groups in total. The molecule has 9 nitrogen and oxygen atoms in total. The van der Waals surface area contributed by atoms with Crippen molar-refractivity contribution in [3.05, 3.63) is 75.9 Å². The molecule has 0 aliphatic rings. The van der Waals surface area contributed by atoms with Crippen LogP contribution in [0.5, 0.6) is 0 Å². The molecule has 2 aromatic carbocycles. The van der Waals surface area contributed by atoms with Crippen molar-refractivity contribution in [2.75, 3.05) is 10.6 Å². The van der Waals surface area contributed by atoms with Crippen LogP contribution in [-0.4, -0.2) is 32.6 Å². The fraction of sp³-hybridized carbons (Fsp3) is 0.286. The number of amides is 3. The lowest BCUT2D eigenvalue weighted by Crippen LogP contribution is -2.50. The van der Waals surface area contributed by atoms with Gasteiger partial charge >= 0.3 is 0 Å². The van der Waals surface area contributed by atoms with E-state index in [1.807, 2.05) is 71.0 Å². The van der Waals surface area contributed by atoms with Crippen LogP contribution in [0.2, 0.25) is 0 Å². The topological polar surface area (TPSA) is 147 Å². The van der Waals surface area contributed by atoms with E-state index in [0.29, 0.717) is 17.7 Å². The minimum absolute atomic E-state index is 0.0319. The summed E-state index contributed by atoms with van der Waals surface area (Å²) in [4.78, 5) is 44.9. The maximum Gasteiger partial charge on any atom is 0.273 e. The van der Waals surface area contributed by atoms with Crippen LogP contribution in [0.4, 0.5) is 11.4 Å². The standard InChI is InChI=1S/C28H32N6O3S/c1-6-28(4,5)32-26(36)23(19-14-31-20-10-8-7-9-18(19)20)34(17-12-11-15(2)16(3)13-17)27(37)24-21(29)22(25(30)35)33-38-24/h7-14,23,31H,6,29H2,1-5H3,(H2,30,35)(H,32,36)/t23-/m1/s1. The Balaban J connectivity index is 1.98. The predicted octanol–water partition coefficient (Wildman–Crippen LogP) is 4.62. The molecular formula is C28H32N6O3S. The maximum absolute atomic E-state index is 14.3. The summed E-state index contributed by atoms with van der Waals surface area (Å²) in [6.07, 6.45) is 2.43. The summed E-state index contributed by atoms with van der Waals surface area (Å²) < 4.78 is 4.02. The number of nitrogen functional groups attached to an aromatic ring is 1. The van der Waals surface area contributed by atoms with Gasteiger partial charge in [-0.05, 0) is 75.0 Å². The maximum atomic E-state index is 14.3. The molecule has 4 aromatic rings. The number of nitrogens with two attached hydrogens (primary N) is 2. The molecule has 0 radical (unpaired) electrons. The largest absolute Gasteiger partial charge is 0.395 e. The third-order valence-corrected chi connectivity index (χ3v) is 7.76. The zero-order valence-electron chi connectivity index (χ0n) is 22.1. The number of fused-ring (bicyclic) bond motifs is 1. The van der Waals surface area contributed by atoms with Crippen molar-refractivity contribution in [1.82, 2.24) is 14.7 Å². The van der Waals surface area contributed by atoms with Gasteiger partial charge < -0.3 is 21.8 Å². The minimum Gasteiger partial charge on any atom is -0.395 e. The summed E-state index contributed by atoms with van der Waals surface area (Å²) in [7, 11) is 0. The Morgan fingerprint density at radius 1 is 1.13 bits per heavy atom. The molecule has 0 saturated heterocycles. The van der Waals surface area contributed by atoms with Gasteiger partial charge in [-0.25, -0.2) is 0 Å². The molecule has 10 heteroatoms. The second-order valence-corrected chi connectivity index (χ2v) is 10.8. The smallest absolute Gasteiger partial charge is 0.273 e. The van der Waals surface area contributed by atoms with Crippen molar-refractivity contribution in [3.8, 4) is 0 Å². The van der Waals surface area contributed by atoms with Gasteiger partial charge in [0.05, 0.1) is 5.69 Å². The molecule has 198 valence electrons. The van der Waals surface area contributed by atoms with Crippen LogP contribution >= 0.6 is 11.5 Å². The number of nitrogens with zero attached hydrogens (tertiary/aromatic N) is 2. The van der Waals surface area contributed by atoms with E-state index in [0.717, 1.165) is 33.6 Å². The molecule has 2 heterocycles. The summed E-state index contributed by atoms with van der Waals surface area (Å²) in [5.41, 5.74) is 14.7. The van der Waals surface area contributed by atoms with Gasteiger partial charge in [0.25, 0.3) is 11.8 Å². The molecule has 2 aromatic heterocycles. The number of primary amides is 1. The number of carbonyl (C=O) groups is 3. The Labute approximate surface area is 225 Å². The number of para-hydroxylation sites is 1. The van der Waals surface area contributed by atoms with Crippen molar-refractivity contribution < 1.29 is 14.4 Å². The van der Waals surface area contributed by atoms with Crippen molar-refractivity contribution in [2.24, 2.45) is 5.73 Å². The highest BCUT2D eigenvalue weighted by Gasteiger charge is 2.38. The number of aromatic nitrogens is 2. The third-order valence-electron chi connectivity index (χ3n) is 6.91. The van der Waals surface area contributed by atoms with E-state index < -0.39 is 23.4 Å². The monoisotopic (exact) mass is 532 g/mol. The first kappa shape index (κ1) is 26.9. The number of nitrogens with one attached hydrogen (secondary N) is 2. The molecule has 0 fully saturated rings. The second kappa shape index (κ2) is 10.3. The van der Waals surface area contributed by atoms with Crippen molar-refractivity contribution in [1.29, 1.82) is 0 Å². The van der Waals surface area contributed by atoms with E-state index in [1.54, 1.807) is 12.3 Å². The first-order valence-electron chi connectivity index (χ1n) is 12.3. The summed E-state index contributed by atoms with van der Waals surface area (Å²) in [5.74, 6) is -1.74. The molecule has 4 rings (SSSR count). The fourth-order valence-electron chi connectivity index (χ4n) is 4.21. The highest BCUT2D eigenvalue weighted by Crippen LogP contribution is 2.37. The van der Waals surface area contributed by atoms with Gasteiger partial charge in [0.2, 0.25) is 5.91 Å². The van der Waals surface area contributed by atoms with Crippen LogP contribution in [0.25, 0.3) is 10.9 Å². The van der Waals surface area contributed by atoms with Crippen molar-refractivity contribution in [2.45, 2.75) is 52.6 Å². The molecule has 3 amide bonds. The van der Waals surface area contributed by atoms with Crippen LogP contribution < -0.4 is 21.7 Å². The number of H-pyrrole nitrogens is 1. The predicted molar refractivity (Wildman–Crippen MR) is 151 cm³/mol.